The molecule has 2 rings (SSSR count). The van der Waals surface area contributed by atoms with Gasteiger partial charge in [-0.1, -0.05) is 18.9 Å². The van der Waals surface area contributed by atoms with Crippen molar-refractivity contribution in [3.05, 3.63) is 22.4 Å². The van der Waals surface area contributed by atoms with Crippen molar-refractivity contribution in [2.45, 2.75) is 45.2 Å². The summed E-state index contributed by atoms with van der Waals surface area (Å²) in [4.78, 5) is 8.15. The molecule has 1 saturated carbocycles. The Bertz CT molecular complexity index is 353. The molecule has 1 aromatic heterocycles. The molecule has 1 aliphatic rings. The Balaban J connectivity index is 1.96. The lowest BCUT2D eigenvalue weighted by Crippen LogP contribution is -2.37. The number of nitrogens with two attached hydrogens (primary N) is 1. The van der Waals surface area contributed by atoms with Crippen LogP contribution in [0.3, 0.4) is 0 Å². The number of aliphatic imine (C=N–C) groups is 1. The Morgan fingerprint density at radius 2 is 2.29 bits per heavy atom. The first-order chi connectivity index (χ1) is 8.29. The number of rotatable bonds is 4. The highest BCUT2D eigenvalue weighted by molar-refractivity contribution is 7.09. The number of hydrogen-bond donors (Lipinski definition) is 1. The molecule has 0 radical (unpaired) electrons. The van der Waals surface area contributed by atoms with Crippen molar-refractivity contribution in [3.8, 4) is 0 Å². The van der Waals surface area contributed by atoms with Gasteiger partial charge in [-0.3, -0.25) is 0 Å². The third-order valence-corrected chi connectivity index (χ3v) is 4.13. The van der Waals surface area contributed by atoms with Gasteiger partial charge < -0.3 is 10.6 Å². The van der Waals surface area contributed by atoms with Crippen LogP contribution < -0.4 is 5.73 Å². The largest absolute Gasteiger partial charge is 0.370 e. The highest BCUT2D eigenvalue weighted by Crippen LogP contribution is 2.21. The van der Waals surface area contributed by atoms with Gasteiger partial charge in [0.25, 0.3) is 0 Å². The van der Waals surface area contributed by atoms with Crippen LogP contribution in [-0.2, 0) is 6.54 Å². The Hall–Kier alpha value is -1.03. The minimum absolute atomic E-state index is 0.465. The number of hydrogen-bond acceptors (Lipinski definition) is 2. The van der Waals surface area contributed by atoms with Crippen LogP contribution in [0.15, 0.2) is 22.5 Å². The Morgan fingerprint density at radius 1 is 1.53 bits per heavy atom. The van der Waals surface area contributed by atoms with E-state index in [-0.39, 0.29) is 0 Å². The van der Waals surface area contributed by atoms with E-state index in [0.29, 0.717) is 12.0 Å². The van der Waals surface area contributed by atoms with Gasteiger partial charge in [0, 0.05) is 11.4 Å². The summed E-state index contributed by atoms with van der Waals surface area (Å²) in [5.41, 5.74) is 6.11. The summed E-state index contributed by atoms with van der Waals surface area (Å²) in [6.45, 7) is 3.93. The molecule has 3 nitrogen and oxygen atoms in total. The standard InChI is InChI=1S/C13H21N3S/c1-2-16(10-12-8-5-9-17-12)13(14)15-11-6-3-4-7-11/h5,8-9,11H,2-4,6-7,10H2,1H3,(H2,14,15). The first kappa shape index (κ1) is 12.4. The number of guanidine groups is 1. The average molecular weight is 251 g/mol. The Labute approximate surface area is 107 Å². The van der Waals surface area contributed by atoms with Crippen LogP contribution in [0.2, 0.25) is 0 Å². The van der Waals surface area contributed by atoms with Gasteiger partial charge in [0.15, 0.2) is 5.96 Å². The summed E-state index contributed by atoms with van der Waals surface area (Å²) in [6.07, 6.45) is 5.02. The van der Waals surface area contributed by atoms with Gasteiger partial charge >= 0.3 is 0 Å². The molecule has 0 bridgehead atoms. The summed E-state index contributed by atoms with van der Waals surface area (Å²) in [7, 11) is 0. The Morgan fingerprint density at radius 3 is 2.88 bits per heavy atom. The van der Waals surface area contributed by atoms with Crippen LogP contribution in [0.25, 0.3) is 0 Å². The third kappa shape index (κ3) is 3.46. The van der Waals surface area contributed by atoms with Crippen molar-refractivity contribution in [1.82, 2.24) is 4.90 Å². The molecular formula is C13H21N3S. The van der Waals surface area contributed by atoms with Crippen molar-refractivity contribution in [2.24, 2.45) is 10.7 Å². The fourth-order valence-corrected chi connectivity index (χ4v) is 2.97. The lowest BCUT2D eigenvalue weighted by molar-refractivity contribution is 0.429. The van der Waals surface area contributed by atoms with E-state index in [9.17, 15) is 0 Å². The molecule has 4 heteroatoms. The maximum Gasteiger partial charge on any atom is 0.191 e. The average Bonchev–Trinajstić information content (AvgIpc) is 2.97. The second kappa shape index (κ2) is 6.05. The molecular weight excluding hydrogens is 230 g/mol. The van der Waals surface area contributed by atoms with Gasteiger partial charge in [-0.2, -0.15) is 0 Å². The van der Waals surface area contributed by atoms with Crippen molar-refractivity contribution in [1.29, 1.82) is 0 Å². The minimum atomic E-state index is 0.465. The van der Waals surface area contributed by atoms with Crippen LogP contribution in [0.4, 0.5) is 0 Å². The quantitative estimate of drug-likeness (QED) is 0.660. The van der Waals surface area contributed by atoms with E-state index in [1.165, 1.54) is 30.6 Å². The van der Waals surface area contributed by atoms with Crippen LogP contribution in [-0.4, -0.2) is 23.4 Å². The molecule has 1 aromatic rings. The summed E-state index contributed by atoms with van der Waals surface area (Å²) >= 11 is 1.77. The van der Waals surface area contributed by atoms with Crippen LogP contribution in [0, 0.1) is 0 Å². The molecule has 1 fully saturated rings. The molecule has 94 valence electrons. The fraction of sp³-hybridized carbons (Fsp3) is 0.615. The summed E-state index contributed by atoms with van der Waals surface area (Å²) < 4.78 is 0. The molecule has 0 unspecified atom stereocenters. The van der Waals surface area contributed by atoms with E-state index >= 15 is 0 Å². The van der Waals surface area contributed by atoms with Crippen molar-refractivity contribution < 1.29 is 0 Å². The highest BCUT2D eigenvalue weighted by atomic mass is 32.1. The second-order valence-electron chi connectivity index (χ2n) is 4.52. The van der Waals surface area contributed by atoms with Gasteiger partial charge in [-0.15, -0.1) is 11.3 Å². The molecule has 17 heavy (non-hydrogen) atoms. The van der Waals surface area contributed by atoms with E-state index in [0.717, 1.165) is 13.1 Å². The minimum Gasteiger partial charge on any atom is -0.370 e. The van der Waals surface area contributed by atoms with E-state index in [1.54, 1.807) is 11.3 Å². The topological polar surface area (TPSA) is 41.6 Å². The lowest BCUT2D eigenvalue weighted by Gasteiger charge is -2.22. The van der Waals surface area contributed by atoms with E-state index in [1.807, 2.05) is 0 Å². The normalized spacial score (nSPS) is 17.6. The maximum atomic E-state index is 6.11. The third-order valence-electron chi connectivity index (χ3n) is 3.27. The molecule has 2 N–H and O–H groups in total. The summed E-state index contributed by atoms with van der Waals surface area (Å²) in [6, 6.07) is 4.70. The Kier molecular flexibility index (Phi) is 4.42. The van der Waals surface area contributed by atoms with Gasteiger partial charge in [-0.25, -0.2) is 4.99 Å². The first-order valence-corrected chi connectivity index (χ1v) is 7.28. The first-order valence-electron chi connectivity index (χ1n) is 6.40. The SMILES string of the molecule is CCN(Cc1cccs1)C(N)=NC1CCCC1. The zero-order valence-electron chi connectivity index (χ0n) is 10.4. The van der Waals surface area contributed by atoms with E-state index in [4.69, 9.17) is 5.73 Å². The van der Waals surface area contributed by atoms with Gasteiger partial charge in [0.05, 0.1) is 12.6 Å². The predicted molar refractivity (Wildman–Crippen MR) is 74.3 cm³/mol. The van der Waals surface area contributed by atoms with E-state index < -0.39 is 0 Å². The van der Waals surface area contributed by atoms with Crippen LogP contribution in [0.1, 0.15) is 37.5 Å². The zero-order chi connectivity index (χ0) is 12.1. The molecule has 1 aliphatic carbocycles. The highest BCUT2D eigenvalue weighted by Gasteiger charge is 2.15. The molecule has 0 spiro atoms. The molecule has 1 heterocycles. The number of nitrogens with zero attached hydrogens (tertiary/aromatic N) is 2. The van der Waals surface area contributed by atoms with Crippen molar-refractivity contribution in [3.63, 3.8) is 0 Å². The van der Waals surface area contributed by atoms with Gasteiger partial charge in [-0.05, 0) is 31.2 Å². The molecule has 0 atom stereocenters. The second-order valence-corrected chi connectivity index (χ2v) is 5.55. The lowest BCUT2D eigenvalue weighted by atomic mass is 10.3. The maximum absolute atomic E-state index is 6.11. The fourth-order valence-electron chi connectivity index (χ4n) is 2.25. The van der Waals surface area contributed by atoms with Gasteiger partial charge in [0.1, 0.15) is 0 Å². The number of thiophene rings is 1. The molecule has 0 amide bonds. The van der Waals surface area contributed by atoms with Crippen molar-refractivity contribution in [2.75, 3.05) is 6.54 Å². The van der Waals surface area contributed by atoms with Gasteiger partial charge in [0.2, 0.25) is 0 Å². The smallest absolute Gasteiger partial charge is 0.191 e. The monoisotopic (exact) mass is 251 g/mol. The predicted octanol–water partition coefficient (Wildman–Crippen LogP) is 2.83. The zero-order valence-corrected chi connectivity index (χ0v) is 11.2. The van der Waals surface area contributed by atoms with Crippen LogP contribution >= 0.6 is 11.3 Å². The molecule has 0 aliphatic heterocycles. The molecule has 0 saturated heterocycles. The summed E-state index contributed by atoms with van der Waals surface area (Å²) in [5, 5.41) is 2.10. The van der Waals surface area contributed by atoms with Crippen molar-refractivity contribution >= 4 is 17.3 Å². The van der Waals surface area contributed by atoms with Crippen LogP contribution in [0.5, 0.6) is 0 Å². The molecule has 0 aromatic carbocycles. The summed E-state index contributed by atoms with van der Waals surface area (Å²) in [5.74, 6) is 0.716. The van der Waals surface area contributed by atoms with E-state index in [2.05, 4.69) is 34.3 Å².